The molecule has 1 aromatic heterocycles. The zero-order valence-electron chi connectivity index (χ0n) is 9.98. The number of nitrogens with zero attached hydrogens (tertiary/aromatic N) is 1. The predicted molar refractivity (Wildman–Crippen MR) is 74.3 cm³/mol. The second kappa shape index (κ2) is 5.78. The van der Waals surface area contributed by atoms with Gasteiger partial charge in [0.05, 0.1) is 5.56 Å². The maximum absolute atomic E-state index is 11.9. The lowest BCUT2D eigenvalue weighted by Gasteiger charge is -2.06. The van der Waals surface area contributed by atoms with Gasteiger partial charge in [-0.1, -0.05) is 29.8 Å². The molecule has 18 heavy (non-hydrogen) atoms. The number of hydrogen-bond donors (Lipinski definition) is 1. The molecule has 0 aliphatic heterocycles. The van der Waals surface area contributed by atoms with Gasteiger partial charge in [0.2, 0.25) is 0 Å². The lowest BCUT2D eigenvalue weighted by Crippen LogP contribution is -2.22. The Morgan fingerprint density at radius 2 is 2.17 bits per heavy atom. The van der Waals surface area contributed by atoms with E-state index in [2.05, 4.69) is 32.3 Å². The molecule has 4 heteroatoms. The number of pyridine rings is 1. The number of rotatable bonds is 3. The molecule has 0 spiro atoms. The van der Waals surface area contributed by atoms with E-state index < -0.39 is 0 Å². The number of aromatic nitrogens is 1. The molecular formula is C14H13BrN2O. The Labute approximate surface area is 114 Å². The molecule has 0 bridgehead atoms. The van der Waals surface area contributed by atoms with Crippen molar-refractivity contribution in [2.75, 3.05) is 0 Å². The number of benzene rings is 1. The molecule has 2 aromatic rings. The molecule has 1 aromatic carbocycles. The van der Waals surface area contributed by atoms with E-state index in [4.69, 9.17) is 0 Å². The lowest BCUT2D eigenvalue weighted by atomic mass is 10.1. The molecule has 0 radical (unpaired) electrons. The zero-order valence-corrected chi connectivity index (χ0v) is 11.6. The van der Waals surface area contributed by atoms with E-state index in [0.717, 1.165) is 10.0 Å². The van der Waals surface area contributed by atoms with Crippen LogP contribution < -0.4 is 5.32 Å². The van der Waals surface area contributed by atoms with Crippen LogP contribution in [0.15, 0.2) is 47.2 Å². The second-order valence-electron chi connectivity index (χ2n) is 4.06. The number of halogens is 1. The predicted octanol–water partition coefficient (Wildman–Crippen LogP) is 3.08. The number of nitrogens with one attached hydrogen (secondary N) is 1. The summed E-state index contributed by atoms with van der Waals surface area (Å²) in [6.07, 6.45) is 3.20. The van der Waals surface area contributed by atoms with Crippen LogP contribution in [0.25, 0.3) is 0 Å². The minimum atomic E-state index is -0.120. The highest BCUT2D eigenvalue weighted by molar-refractivity contribution is 9.10. The molecule has 1 amide bonds. The van der Waals surface area contributed by atoms with Crippen molar-refractivity contribution in [3.8, 4) is 0 Å². The minimum absolute atomic E-state index is 0.120. The average Bonchev–Trinajstić information content (AvgIpc) is 2.36. The molecular weight excluding hydrogens is 292 g/mol. The number of hydrogen-bond acceptors (Lipinski definition) is 2. The Balaban J connectivity index is 2.00. The summed E-state index contributed by atoms with van der Waals surface area (Å²) in [7, 11) is 0. The van der Waals surface area contributed by atoms with Crippen LogP contribution in [-0.4, -0.2) is 10.9 Å². The van der Waals surface area contributed by atoms with Gasteiger partial charge in [-0.05, 0) is 34.5 Å². The summed E-state index contributed by atoms with van der Waals surface area (Å²) in [5.41, 5.74) is 2.83. The van der Waals surface area contributed by atoms with Crippen LogP contribution in [0.4, 0.5) is 0 Å². The van der Waals surface area contributed by atoms with Crippen molar-refractivity contribution in [2.24, 2.45) is 0 Å². The molecule has 1 N–H and O–H groups in total. The smallest absolute Gasteiger partial charge is 0.253 e. The van der Waals surface area contributed by atoms with E-state index in [1.165, 1.54) is 5.56 Å². The molecule has 3 nitrogen and oxygen atoms in total. The van der Waals surface area contributed by atoms with Crippen molar-refractivity contribution in [1.29, 1.82) is 0 Å². The SMILES string of the molecule is Cc1cccc(CNC(=O)c2cncc(Br)c2)c1. The van der Waals surface area contributed by atoms with Gasteiger partial charge in [0.25, 0.3) is 5.91 Å². The van der Waals surface area contributed by atoms with Gasteiger partial charge < -0.3 is 5.32 Å². The van der Waals surface area contributed by atoms with Crippen molar-refractivity contribution in [3.05, 3.63) is 63.9 Å². The number of amides is 1. The Kier molecular flexibility index (Phi) is 4.10. The van der Waals surface area contributed by atoms with Gasteiger partial charge >= 0.3 is 0 Å². The van der Waals surface area contributed by atoms with Crippen molar-refractivity contribution in [1.82, 2.24) is 10.3 Å². The van der Waals surface area contributed by atoms with Gasteiger partial charge in [0.15, 0.2) is 0 Å². The molecule has 0 saturated carbocycles. The van der Waals surface area contributed by atoms with E-state index in [-0.39, 0.29) is 5.91 Å². The monoisotopic (exact) mass is 304 g/mol. The fraction of sp³-hybridized carbons (Fsp3) is 0.143. The van der Waals surface area contributed by atoms with E-state index >= 15 is 0 Å². The van der Waals surface area contributed by atoms with Crippen molar-refractivity contribution in [3.63, 3.8) is 0 Å². The zero-order chi connectivity index (χ0) is 13.0. The highest BCUT2D eigenvalue weighted by Crippen LogP contribution is 2.10. The highest BCUT2D eigenvalue weighted by atomic mass is 79.9. The molecule has 0 saturated heterocycles. The summed E-state index contributed by atoms with van der Waals surface area (Å²) in [6, 6.07) is 9.81. The summed E-state index contributed by atoms with van der Waals surface area (Å²) in [5.74, 6) is -0.120. The molecule has 2 rings (SSSR count). The third kappa shape index (κ3) is 3.40. The first kappa shape index (κ1) is 12.8. The maximum Gasteiger partial charge on any atom is 0.253 e. The third-order valence-corrected chi connectivity index (χ3v) is 2.94. The van der Waals surface area contributed by atoms with E-state index in [9.17, 15) is 4.79 Å². The van der Waals surface area contributed by atoms with Crippen LogP contribution in [-0.2, 0) is 6.54 Å². The van der Waals surface area contributed by atoms with Crippen molar-refractivity contribution in [2.45, 2.75) is 13.5 Å². The number of carbonyl (C=O) groups is 1. The summed E-state index contributed by atoms with van der Waals surface area (Å²) in [6.45, 7) is 2.55. The molecule has 0 aliphatic carbocycles. The summed E-state index contributed by atoms with van der Waals surface area (Å²) < 4.78 is 0.797. The van der Waals surface area contributed by atoms with Gasteiger partial charge in [0.1, 0.15) is 0 Å². The van der Waals surface area contributed by atoms with Crippen LogP contribution in [0.1, 0.15) is 21.5 Å². The second-order valence-corrected chi connectivity index (χ2v) is 4.98. The highest BCUT2D eigenvalue weighted by Gasteiger charge is 2.05. The quantitative estimate of drug-likeness (QED) is 0.947. The molecule has 92 valence electrons. The van der Waals surface area contributed by atoms with Gasteiger partial charge in [-0.25, -0.2) is 0 Å². The van der Waals surface area contributed by atoms with E-state index in [1.807, 2.05) is 25.1 Å². The van der Waals surface area contributed by atoms with Crippen LogP contribution in [0.3, 0.4) is 0 Å². The van der Waals surface area contributed by atoms with Gasteiger partial charge in [0, 0.05) is 23.4 Å². The lowest BCUT2D eigenvalue weighted by molar-refractivity contribution is 0.0950. The number of carbonyl (C=O) groups excluding carboxylic acids is 1. The van der Waals surface area contributed by atoms with E-state index in [0.29, 0.717) is 12.1 Å². The van der Waals surface area contributed by atoms with Gasteiger partial charge in [-0.3, -0.25) is 9.78 Å². The normalized spacial score (nSPS) is 10.1. The standard InChI is InChI=1S/C14H13BrN2O/c1-10-3-2-4-11(5-10)7-17-14(18)12-6-13(15)9-16-8-12/h2-6,8-9H,7H2,1H3,(H,17,18). The first-order valence-electron chi connectivity index (χ1n) is 5.59. The molecule has 0 fully saturated rings. The maximum atomic E-state index is 11.9. The average molecular weight is 305 g/mol. The fourth-order valence-corrected chi connectivity index (χ4v) is 2.01. The molecule has 1 heterocycles. The molecule has 0 aliphatic rings. The van der Waals surface area contributed by atoms with E-state index in [1.54, 1.807) is 18.5 Å². The van der Waals surface area contributed by atoms with Crippen LogP contribution in [0, 0.1) is 6.92 Å². The van der Waals surface area contributed by atoms with Crippen LogP contribution in [0.2, 0.25) is 0 Å². The summed E-state index contributed by atoms with van der Waals surface area (Å²) in [4.78, 5) is 15.8. The van der Waals surface area contributed by atoms with Crippen LogP contribution in [0.5, 0.6) is 0 Å². The van der Waals surface area contributed by atoms with Gasteiger partial charge in [-0.2, -0.15) is 0 Å². The fourth-order valence-electron chi connectivity index (χ4n) is 1.64. The third-order valence-electron chi connectivity index (χ3n) is 2.50. The first-order chi connectivity index (χ1) is 8.65. The Morgan fingerprint density at radius 1 is 1.33 bits per heavy atom. The molecule has 0 unspecified atom stereocenters. The van der Waals surface area contributed by atoms with Crippen molar-refractivity contribution >= 4 is 21.8 Å². The molecule has 0 atom stereocenters. The summed E-state index contributed by atoms with van der Waals surface area (Å²) in [5, 5.41) is 2.87. The van der Waals surface area contributed by atoms with Gasteiger partial charge in [-0.15, -0.1) is 0 Å². The number of aryl methyl sites for hydroxylation is 1. The van der Waals surface area contributed by atoms with Crippen molar-refractivity contribution < 1.29 is 4.79 Å². The largest absolute Gasteiger partial charge is 0.348 e. The Morgan fingerprint density at radius 3 is 2.89 bits per heavy atom. The topological polar surface area (TPSA) is 42.0 Å². The Hall–Kier alpha value is -1.68. The van der Waals surface area contributed by atoms with Crippen LogP contribution >= 0.6 is 15.9 Å². The Bertz CT molecular complexity index is 569. The first-order valence-corrected chi connectivity index (χ1v) is 6.39. The summed E-state index contributed by atoms with van der Waals surface area (Å²) >= 11 is 3.29. The minimum Gasteiger partial charge on any atom is -0.348 e.